The molecule has 0 rings (SSSR count). The summed E-state index contributed by atoms with van der Waals surface area (Å²) >= 11 is 0. The standard InChI is InChI=1S/C35H72O13Si5/c1-15-18-27-49(5,6)45-51(9,10)47-53(13,14)48-52(11,12)46-50(7,8)28-19-20-39-21-22-40-23-24-41-25-26-42-34(38)29-35(4,30-43-32(36)16-2)31-44-33(37)17-3/h16-17H,2-3,15,18-31H2,1,4-14H3. The first-order chi connectivity index (χ1) is 24.4. The van der Waals surface area contributed by atoms with Crippen LogP contribution in [0.15, 0.2) is 25.3 Å². The highest BCUT2D eigenvalue weighted by Gasteiger charge is 2.45. The molecule has 0 spiro atoms. The van der Waals surface area contributed by atoms with Crippen molar-refractivity contribution in [2.24, 2.45) is 5.41 Å². The van der Waals surface area contributed by atoms with Crippen molar-refractivity contribution in [3.05, 3.63) is 25.3 Å². The first-order valence-electron chi connectivity index (χ1n) is 18.7. The lowest BCUT2D eigenvalue weighted by molar-refractivity contribution is -0.157. The highest BCUT2D eigenvalue weighted by Crippen LogP contribution is 2.29. The maximum atomic E-state index is 12.4. The summed E-state index contributed by atoms with van der Waals surface area (Å²) in [5.74, 6) is -1.84. The molecule has 0 aromatic heterocycles. The summed E-state index contributed by atoms with van der Waals surface area (Å²) in [5, 5.41) is 0. The van der Waals surface area contributed by atoms with Crippen molar-refractivity contribution in [2.45, 2.75) is 117 Å². The van der Waals surface area contributed by atoms with Crippen LogP contribution in [0, 0.1) is 5.41 Å². The minimum atomic E-state index is -2.48. The second kappa shape index (κ2) is 25.0. The number of carbonyl (C=O) groups excluding carboxylic acids is 3. The number of esters is 3. The topological polar surface area (TPSA) is 144 Å². The quantitative estimate of drug-likeness (QED) is 0.0222. The molecule has 0 saturated heterocycles. The summed E-state index contributed by atoms with van der Waals surface area (Å²) in [6, 6.07) is 2.10. The Labute approximate surface area is 325 Å². The van der Waals surface area contributed by atoms with Gasteiger partial charge in [-0.15, -0.1) is 0 Å². The number of hydrogen-bond acceptors (Lipinski definition) is 13. The predicted molar refractivity (Wildman–Crippen MR) is 219 cm³/mol. The molecule has 0 aromatic rings. The van der Waals surface area contributed by atoms with Crippen LogP contribution in [0.3, 0.4) is 0 Å². The molecule has 18 heteroatoms. The largest absolute Gasteiger partial charge is 0.463 e. The highest BCUT2D eigenvalue weighted by atomic mass is 28.5. The van der Waals surface area contributed by atoms with Crippen molar-refractivity contribution < 1.29 is 59.3 Å². The lowest BCUT2D eigenvalue weighted by atomic mass is 9.89. The van der Waals surface area contributed by atoms with Crippen molar-refractivity contribution in [3.63, 3.8) is 0 Å². The van der Waals surface area contributed by atoms with Gasteiger partial charge in [0.15, 0.2) is 16.6 Å². The Balaban J connectivity index is 4.29. The molecule has 53 heavy (non-hydrogen) atoms. The van der Waals surface area contributed by atoms with E-state index < -0.39 is 65.6 Å². The fourth-order valence-corrected chi connectivity index (χ4v) is 30.5. The SMILES string of the molecule is C=CC(=O)OCC(C)(COC(=O)C=C)CC(=O)OCCOCCOCCOCCC[Si](C)(C)O[Si](C)(C)O[Si](C)(C)O[Si](C)(C)O[Si](C)(C)CCCC. The Morgan fingerprint density at radius 1 is 0.547 bits per heavy atom. The van der Waals surface area contributed by atoms with E-state index in [1.807, 2.05) is 0 Å². The molecule has 0 atom stereocenters. The number of unbranched alkanes of at least 4 members (excludes halogenated alkanes) is 1. The minimum Gasteiger partial charge on any atom is -0.463 e. The Bertz CT molecular complexity index is 1090. The molecule has 0 fully saturated rings. The zero-order valence-electron chi connectivity index (χ0n) is 35.0. The molecule has 0 heterocycles. The van der Waals surface area contributed by atoms with Crippen LogP contribution < -0.4 is 0 Å². The van der Waals surface area contributed by atoms with Crippen LogP contribution >= 0.6 is 0 Å². The number of carbonyl (C=O) groups is 3. The van der Waals surface area contributed by atoms with E-state index in [1.54, 1.807) is 6.92 Å². The molecule has 0 amide bonds. The van der Waals surface area contributed by atoms with E-state index in [0.717, 1.165) is 30.7 Å². The van der Waals surface area contributed by atoms with E-state index in [9.17, 15) is 14.4 Å². The smallest absolute Gasteiger partial charge is 0.330 e. The van der Waals surface area contributed by atoms with Gasteiger partial charge < -0.3 is 44.9 Å². The van der Waals surface area contributed by atoms with Crippen molar-refractivity contribution in [1.82, 2.24) is 0 Å². The first-order valence-corrected chi connectivity index (χ1v) is 33.4. The lowest BCUT2D eigenvalue weighted by Crippen LogP contribution is -2.58. The maximum absolute atomic E-state index is 12.4. The molecular formula is C35H72O13Si5. The zero-order chi connectivity index (χ0) is 40.8. The third-order valence-electron chi connectivity index (χ3n) is 7.49. The van der Waals surface area contributed by atoms with Crippen molar-refractivity contribution in [1.29, 1.82) is 0 Å². The van der Waals surface area contributed by atoms with Crippen LogP contribution in [0.5, 0.6) is 0 Å². The summed E-state index contributed by atoms with van der Waals surface area (Å²) in [6.45, 7) is 34.5. The van der Waals surface area contributed by atoms with Crippen LogP contribution in [-0.4, -0.2) is 120 Å². The molecular weight excluding hydrogens is 769 g/mol. The van der Waals surface area contributed by atoms with Gasteiger partial charge in [-0.1, -0.05) is 39.8 Å². The van der Waals surface area contributed by atoms with E-state index in [-0.39, 0.29) is 32.8 Å². The number of rotatable bonds is 32. The predicted octanol–water partition coefficient (Wildman–Crippen LogP) is 7.21. The maximum Gasteiger partial charge on any atom is 0.330 e. The third-order valence-corrected chi connectivity index (χ3v) is 26.8. The van der Waals surface area contributed by atoms with Crippen LogP contribution in [0.1, 0.15) is 39.5 Å². The van der Waals surface area contributed by atoms with E-state index >= 15 is 0 Å². The minimum absolute atomic E-state index is 0.0349. The summed E-state index contributed by atoms with van der Waals surface area (Å²) in [6.07, 6.45) is 5.15. The molecule has 0 unspecified atom stereocenters. The van der Waals surface area contributed by atoms with Crippen LogP contribution in [0.4, 0.5) is 0 Å². The van der Waals surface area contributed by atoms with Gasteiger partial charge in [0.1, 0.15) is 19.8 Å². The van der Waals surface area contributed by atoms with Crippen LogP contribution in [0.25, 0.3) is 0 Å². The average Bonchev–Trinajstić information content (AvgIpc) is 3.01. The Morgan fingerprint density at radius 3 is 1.34 bits per heavy atom. The van der Waals surface area contributed by atoms with Gasteiger partial charge >= 0.3 is 43.6 Å². The highest BCUT2D eigenvalue weighted by molar-refractivity contribution is 6.90. The molecule has 310 valence electrons. The second-order valence-corrected chi connectivity index (χ2v) is 35.7. The number of ether oxygens (including phenoxy) is 6. The molecule has 0 aliphatic rings. The van der Waals surface area contributed by atoms with Gasteiger partial charge in [0.2, 0.25) is 0 Å². The average molecular weight is 841 g/mol. The third kappa shape index (κ3) is 27.9. The summed E-state index contributed by atoms with van der Waals surface area (Å²) in [5.41, 5.74) is -0.986. The fraction of sp³-hybridized carbons (Fsp3) is 0.800. The Hall–Kier alpha value is -1.31. The molecule has 0 aliphatic carbocycles. The number of hydrogen-bond donors (Lipinski definition) is 0. The van der Waals surface area contributed by atoms with Crippen molar-refractivity contribution >= 4 is 60.2 Å². The van der Waals surface area contributed by atoms with Crippen LogP contribution in [0.2, 0.25) is 77.6 Å². The van der Waals surface area contributed by atoms with E-state index in [2.05, 4.69) is 85.6 Å². The molecule has 0 N–H and O–H groups in total. The van der Waals surface area contributed by atoms with Gasteiger partial charge in [0, 0.05) is 24.2 Å². The van der Waals surface area contributed by atoms with Gasteiger partial charge in [-0.05, 0) is 84.0 Å². The van der Waals surface area contributed by atoms with Crippen molar-refractivity contribution in [2.75, 3.05) is 59.5 Å². The molecule has 13 nitrogen and oxygen atoms in total. The van der Waals surface area contributed by atoms with E-state index in [0.29, 0.717) is 33.0 Å². The van der Waals surface area contributed by atoms with E-state index in [1.165, 1.54) is 12.8 Å². The Kier molecular flexibility index (Phi) is 24.4. The normalized spacial score (nSPS) is 13.1. The van der Waals surface area contributed by atoms with Gasteiger partial charge in [-0.2, -0.15) is 0 Å². The lowest BCUT2D eigenvalue weighted by Gasteiger charge is -2.42. The Morgan fingerprint density at radius 2 is 0.925 bits per heavy atom. The molecule has 0 aliphatic heterocycles. The van der Waals surface area contributed by atoms with Gasteiger partial charge in [0.25, 0.3) is 0 Å². The van der Waals surface area contributed by atoms with Gasteiger partial charge in [-0.25, -0.2) is 9.59 Å². The monoisotopic (exact) mass is 840 g/mol. The fourth-order valence-electron chi connectivity index (χ4n) is 5.79. The van der Waals surface area contributed by atoms with Gasteiger partial charge in [-0.3, -0.25) is 4.79 Å². The molecule has 0 saturated carbocycles. The molecule has 0 aromatic carbocycles. The summed E-state index contributed by atoms with van der Waals surface area (Å²) in [7, 11) is -11.1. The zero-order valence-corrected chi connectivity index (χ0v) is 40.0. The summed E-state index contributed by atoms with van der Waals surface area (Å²) < 4.78 is 59.0. The van der Waals surface area contributed by atoms with E-state index in [4.69, 9.17) is 44.9 Å². The van der Waals surface area contributed by atoms with Crippen molar-refractivity contribution in [3.8, 4) is 0 Å². The molecule has 0 bridgehead atoms. The molecule has 0 radical (unpaired) electrons. The summed E-state index contributed by atoms with van der Waals surface area (Å²) in [4.78, 5) is 35.4. The second-order valence-electron chi connectivity index (χ2n) is 16.0. The van der Waals surface area contributed by atoms with Crippen LogP contribution in [-0.2, 0) is 59.3 Å². The van der Waals surface area contributed by atoms with Gasteiger partial charge in [0.05, 0.1) is 39.5 Å². The first kappa shape index (κ1) is 51.7.